The van der Waals surface area contributed by atoms with Crippen molar-refractivity contribution < 1.29 is 21.2 Å². The number of rotatable bonds is 4. The molecule has 0 saturated heterocycles. The molecule has 0 aromatic carbocycles. The van der Waals surface area contributed by atoms with Gasteiger partial charge in [0.2, 0.25) is 0 Å². The van der Waals surface area contributed by atoms with Crippen LogP contribution in [-0.2, 0) is 0 Å². The van der Waals surface area contributed by atoms with E-state index in [1.54, 1.807) is 0 Å². The molecule has 0 rings (SSSR count). The van der Waals surface area contributed by atoms with Gasteiger partial charge in [0.25, 0.3) is 0 Å². The summed E-state index contributed by atoms with van der Waals surface area (Å²) in [5, 5.41) is 0. The summed E-state index contributed by atoms with van der Waals surface area (Å²) in [5.74, 6) is 0. The van der Waals surface area contributed by atoms with Gasteiger partial charge in [0, 0.05) is 0 Å². The standard InChI is InChI=1S/C6H15IN/c1-3-4-6(2)7-5-8/h6H,3-5,8H2,1-2H3/q-1. The Morgan fingerprint density at radius 2 is 2.25 bits per heavy atom. The zero-order valence-corrected chi connectivity index (χ0v) is 7.81. The molecule has 0 aromatic rings. The fourth-order valence-corrected chi connectivity index (χ4v) is 2.56. The molecule has 0 spiro atoms. The second-order valence-corrected chi connectivity index (χ2v) is 5.77. The van der Waals surface area contributed by atoms with Gasteiger partial charge in [-0.2, -0.15) is 0 Å². The Morgan fingerprint density at radius 1 is 1.62 bits per heavy atom. The van der Waals surface area contributed by atoms with Gasteiger partial charge in [-0.1, -0.05) is 0 Å². The van der Waals surface area contributed by atoms with Crippen LogP contribution in [-0.4, -0.2) is 8.48 Å². The van der Waals surface area contributed by atoms with Crippen molar-refractivity contribution in [1.29, 1.82) is 0 Å². The predicted molar refractivity (Wildman–Crippen MR) is 33.4 cm³/mol. The van der Waals surface area contributed by atoms with Crippen molar-refractivity contribution in [3.63, 3.8) is 0 Å². The van der Waals surface area contributed by atoms with Crippen LogP contribution in [0.3, 0.4) is 0 Å². The number of nitrogens with two attached hydrogens (primary N) is 1. The van der Waals surface area contributed by atoms with Crippen molar-refractivity contribution in [3.05, 3.63) is 0 Å². The molecule has 0 radical (unpaired) electrons. The van der Waals surface area contributed by atoms with Crippen molar-refractivity contribution in [2.75, 3.05) is 4.55 Å². The zero-order chi connectivity index (χ0) is 6.41. The molecule has 2 N–H and O–H groups in total. The first-order valence-corrected chi connectivity index (χ1v) is 5.86. The van der Waals surface area contributed by atoms with Gasteiger partial charge in [0.15, 0.2) is 0 Å². The van der Waals surface area contributed by atoms with Gasteiger partial charge in [-0.3, -0.25) is 0 Å². The van der Waals surface area contributed by atoms with Crippen LogP contribution in [0.15, 0.2) is 0 Å². The van der Waals surface area contributed by atoms with E-state index < -0.39 is 0 Å². The minimum atomic E-state index is 0.337. The first-order valence-electron chi connectivity index (χ1n) is 3.09. The second-order valence-electron chi connectivity index (χ2n) is 1.88. The molecule has 1 unspecified atom stereocenters. The topological polar surface area (TPSA) is 26.0 Å². The van der Waals surface area contributed by atoms with Crippen molar-refractivity contribution >= 4 is 0 Å². The monoisotopic (exact) mass is 228 g/mol. The van der Waals surface area contributed by atoms with Crippen molar-refractivity contribution in [1.82, 2.24) is 0 Å². The first kappa shape index (κ1) is 8.69. The van der Waals surface area contributed by atoms with Crippen molar-refractivity contribution in [2.45, 2.75) is 30.6 Å². The van der Waals surface area contributed by atoms with E-state index in [1.165, 1.54) is 12.8 Å². The normalized spacial score (nSPS) is 14.4. The molecule has 0 aliphatic heterocycles. The summed E-state index contributed by atoms with van der Waals surface area (Å²) in [5.41, 5.74) is 5.41. The van der Waals surface area contributed by atoms with E-state index in [0.717, 1.165) is 8.48 Å². The van der Waals surface area contributed by atoms with E-state index >= 15 is 0 Å². The fourth-order valence-electron chi connectivity index (χ4n) is 0.627. The Balaban J connectivity index is 2.92. The molecule has 0 amide bonds. The quantitative estimate of drug-likeness (QED) is 0.342. The van der Waals surface area contributed by atoms with Crippen LogP contribution >= 0.6 is 0 Å². The van der Waals surface area contributed by atoms with Gasteiger partial charge in [-0.25, -0.2) is 0 Å². The van der Waals surface area contributed by atoms with Crippen LogP contribution in [0.25, 0.3) is 0 Å². The molecule has 0 aliphatic rings. The van der Waals surface area contributed by atoms with Gasteiger partial charge in [0.05, 0.1) is 0 Å². The maximum absolute atomic E-state index is 5.41. The number of halogens is 1. The molecular weight excluding hydrogens is 213 g/mol. The SMILES string of the molecule is CCCC(C)[I-]CN. The Bertz CT molecular complexity index is 41.8. The van der Waals surface area contributed by atoms with Gasteiger partial charge < -0.3 is 0 Å². The third-order valence-electron chi connectivity index (χ3n) is 1.04. The Morgan fingerprint density at radius 3 is 2.62 bits per heavy atom. The summed E-state index contributed by atoms with van der Waals surface area (Å²) in [7, 11) is 0. The Labute approximate surface area is 62.3 Å². The van der Waals surface area contributed by atoms with Gasteiger partial charge in [-0.05, 0) is 0 Å². The summed E-state index contributed by atoms with van der Waals surface area (Å²) >= 11 is 0.337. The molecule has 1 nitrogen and oxygen atoms in total. The Kier molecular flexibility index (Phi) is 6.32. The van der Waals surface area contributed by atoms with Gasteiger partial charge in [0.1, 0.15) is 0 Å². The molecule has 52 valence electrons. The molecule has 8 heavy (non-hydrogen) atoms. The summed E-state index contributed by atoms with van der Waals surface area (Å²) in [6.07, 6.45) is 2.70. The molecule has 0 fully saturated rings. The molecule has 0 aromatic heterocycles. The van der Waals surface area contributed by atoms with Crippen LogP contribution in [0.5, 0.6) is 0 Å². The van der Waals surface area contributed by atoms with Crippen LogP contribution in [0, 0.1) is 0 Å². The third-order valence-corrected chi connectivity index (χ3v) is 3.67. The average Bonchev–Trinajstić information content (AvgIpc) is 1.68. The number of alkyl halides is 2. The summed E-state index contributed by atoms with van der Waals surface area (Å²) < 4.78 is 1.91. The van der Waals surface area contributed by atoms with Crippen LogP contribution in [0.2, 0.25) is 0 Å². The molecule has 0 heterocycles. The van der Waals surface area contributed by atoms with E-state index in [-0.39, 0.29) is 0 Å². The zero-order valence-electron chi connectivity index (χ0n) is 5.65. The van der Waals surface area contributed by atoms with E-state index in [9.17, 15) is 0 Å². The third kappa shape index (κ3) is 4.84. The number of hydrogen-bond acceptors (Lipinski definition) is 1. The van der Waals surface area contributed by atoms with Crippen LogP contribution < -0.4 is 26.9 Å². The molecule has 0 bridgehead atoms. The van der Waals surface area contributed by atoms with Gasteiger partial charge >= 0.3 is 62.1 Å². The van der Waals surface area contributed by atoms with Crippen molar-refractivity contribution in [2.24, 2.45) is 5.73 Å². The predicted octanol–water partition coefficient (Wildman–Crippen LogP) is -1.82. The summed E-state index contributed by atoms with van der Waals surface area (Å²) in [6.45, 7) is 4.54. The van der Waals surface area contributed by atoms with Crippen LogP contribution in [0.4, 0.5) is 0 Å². The molecule has 0 saturated carbocycles. The average molecular weight is 228 g/mol. The van der Waals surface area contributed by atoms with Crippen molar-refractivity contribution in [3.8, 4) is 0 Å². The van der Waals surface area contributed by atoms with E-state index in [2.05, 4.69) is 13.8 Å². The second kappa shape index (κ2) is 5.82. The van der Waals surface area contributed by atoms with E-state index in [0.29, 0.717) is 21.2 Å². The summed E-state index contributed by atoms with van der Waals surface area (Å²) in [6, 6.07) is 0. The van der Waals surface area contributed by atoms with E-state index in [1.807, 2.05) is 0 Å². The molecule has 0 aliphatic carbocycles. The fraction of sp³-hybridized carbons (Fsp3) is 1.00. The Hall–Kier alpha value is 0.690. The molecule has 1 atom stereocenters. The van der Waals surface area contributed by atoms with Crippen LogP contribution in [0.1, 0.15) is 26.7 Å². The molecule has 2 heteroatoms. The van der Waals surface area contributed by atoms with E-state index in [4.69, 9.17) is 5.73 Å². The first-order chi connectivity index (χ1) is 3.81. The maximum atomic E-state index is 5.41. The minimum absolute atomic E-state index is 0.337. The van der Waals surface area contributed by atoms with Gasteiger partial charge in [-0.15, -0.1) is 0 Å². The summed E-state index contributed by atoms with van der Waals surface area (Å²) in [4.78, 5) is 0. The molecular formula is C6H15IN-. The number of hydrogen-bond donors (Lipinski definition) is 1.